The Kier molecular flexibility index (Phi) is 5.82. The summed E-state index contributed by atoms with van der Waals surface area (Å²) in [6, 6.07) is 20.9. The van der Waals surface area contributed by atoms with Gasteiger partial charge in [-0.1, -0.05) is 30.2 Å². The average Bonchev–Trinajstić information content (AvgIpc) is 3.56. The van der Waals surface area contributed by atoms with Gasteiger partial charge in [-0.3, -0.25) is 0 Å². The summed E-state index contributed by atoms with van der Waals surface area (Å²) >= 11 is 0. The van der Waals surface area contributed by atoms with Crippen LogP contribution in [0.5, 0.6) is 11.5 Å². The molecular weight excluding hydrogens is 430 g/mol. The highest BCUT2D eigenvalue weighted by molar-refractivity contribution is 5.57. The smallest absolute Gasteiger partial charge is 0.227 e. The van der Waals surface area contributed by atoms with E-state index < -0.39 is 0 Å². The van der Waals surface area contributed by atoms with E-state index in [2.05, 4.69) is 27.2 Å². The third kappa shape index (κ3) is 4.40. The summed E-state index contributed by atoms with van der Waals surface area (Å²) in [5, 5.41) is 7.93. The Hall–Kier alpha value is -4.77. The van der Waals surface area contributed by atoms with Crippen LogP contribution in [0.2, 0.25) is 0 Å². The van der Waals surface area contributed by atoms with Crippen LogP contribution in [0.4, 0.5) is 5.95 Å². The van der Waals surface area contributed by atoms with Crippen LogP contribution in [0.25, 0.3) is 17.2 Å². The van der Waals surface area contributed by atoms with Gasteiger partial charge in [0, 0.05) is 18.2 Å². The Bertz CT molecular complexity index is 1480. The number of nitrogens with zero attached hydrogens (tertiary/aromatic N) is 4. The Morgan fingerprint density at radius 2 is 1.76 bits per heavy atom. The van der Waals surface area contributed by atoms with Crippen LogP contribution in [0, 0.1) is 11.8 Å². The molecule has 2 aromatic carbocycles. The minimum Gasteiger partial charge on any atom is -0.493 e. The van der Waals surface area contributed by atoms with Crippen LogP contribution in [0.15, 0.2) is 77.4 Å². The highest BCUT2D eigenvalue weighted by atomic mass is 16.5. The lowest BCUT2D eigenvalue weighted by Gasteiger charge is -2.11. The zero-order valence-electron chi connectivity index (χ0n) is 18.6. The van der Waals surface area contributed by atoms with Gasteiger partial charge < -0.3 is 19.2 Å². The van der Waals surface area contributed by atoms with Crippen LogP contribution in [0.1, 0.15) is 16.8 Å². The molecule has 5 rings (SSSR count). The molecule has 0 atom stereocenters. The number of aromatic nitrogens is 4. The summed E-state index contributed by atoms with van der Waals surface area (Å²) in [6.45, 7) is 0.480. The molecule has 0 saturated heterocycles. The summed E-state index contributed by atoms with van der Waals surface area (Å²) in [6.07, 6.45) is 1.59. The third-order valence-electron chi connectivity index (χ3n) is 5.07. The number of hydrogen-bond donors (Lipinski definition) is 1. The van der Waals surface area contributed by atoms with Gasteiger partial charge in [0.1, 0.15) is 5.69 Å². The van der Waals surface area contributed by atoms with E-state index in [9.17, 15) is 0 Å². The first-order valence-corrected chi connectivity index (χ1v) is 10.6. The summed E-state index contributed by atoms with van der Waals surface area (Å²) in [5.41, 5.74) is 3.07. The normalized spacial score (nSPS) is 10.5. The zero-order valence-corrected chi connectivity index (χ0v) is 18.6. The molecule has 5 aromatic rings. The molecule has 0 bridgehead atoms. The zero-order chi connectivity index (χ0) is 23.3. The number of rotatable bonds is 6. The first kappa shape index (κ1) is 21.1. The predicted octanol–water partition coefficient (Wildman–Crippen LogP) is 4.41. The predicted molar refractivity (Wildman–Crippen MR) is 128 cm³/mol. The number of benzene rings is 2. The van der Waals surface area contributed by atoms with Crippen molar-refractivity contribution in [1.82, 2.24) is 19.6 Å². The molecule has 0 aliphatic rings. The van der Waals surface area contributed by atoms with Crippen molar-refractivity contribution < 1.29 is 13.9 Å². The maximum atomic E-state index is 5.47. The van der Waals surface area contributed by atoms with Crippen LogP contribution < -0.4 is 14.8 Å². The van der Waals surface area contributed by atoms with Crippen molar-refractivity contribution in [3.63, 3.8) is 0 Å². The van der Waals surface area contributed by atoms with E-state index in [1.165, 1.54) is 0 Å². The molecule has 0 fully saturated rings. The number of ether oxygens (including phenoxy) is 2. The molecule has 3 heterocycles. The van der Waals surface area contributed by atoms with Crippen molar-refractivity contribution in [2.45, 2.75) is 6.54 Å². The first-order chi connectivity index (χ1) is 16.7. The van der Waals surface area contributed by atoms with E-state index in [1.54, 1.807) is 37.1 Å². The van der Waals surface area contributed by atoms with Gasteiger partial charge in [0.2, 0.25) is 11.8 Å². The fourth-order valence-corrected chi connectivity index (χ4v) is 3.41. The maximum Gasteiger partial charge on any atom is 0.227 e. The van der Waals surface area contributed by atoms with Gasteiger partial charge in [0.05, 0.1) is 20.5 Å². The number of furan rings is 1. The number of fused-ring (bicyclic) bond motifs is 1. The molecule has 168 valence electrons. The maximum absolute atomic E-state index is 5.47. The van der Waals surface area contributed by atoms with Crippen LogP contribution in [-0.2, 0) is 6.54 Å². The van der Waals surface area contributed by atoms with E-state index in [-0.39, 0.29) is 0 Å². The van der Waals surface area contributed by atoms with Crippen LogP contribution in [0.3, 0.4) is 0 Å². The van der Waals surface area contributed by atoms with E-state index in [1.807, 2.05) is 54.6 Å². The van der Waals surface area contributed by atoms with Gasteiger partial charge >= 0.3 is 0 Å². The van der Waals surface area contributed by atoms with E-state index in [0.29, 0.717) is 46.9 Å². The SMILES string of the molecule is COc1ccc(CNc2nc(C#Cc3ccccc3)cc3nc(-c4ccco4)nn23)cc1OC. The van der Waals surface area contributed by atoms with Crippen molar-refractivity contribution >= 4 is 11.6 Å². The van der Waals surface area contributed by atoms with Gasteiger partial charge in [-0.15, -0.1) is 5.10 Å². The molecule has 3 aromatic heterocycles. The molecule has 0 saturated carbocycles. The fraction of sp³-hybridized carbons (Fsp3) is 0.115. The second-order valence-electron chi connectivity index (χ2n) is 7.31. The van der Waals surface area contributed by atoms with Crippen molar-refractivity contribution in [2.75, 3.05) is 19.5 Å². The molecule has 0 amide bonds. The number of methoxy groups -OCH3 is 2. The number of anilines is 1. The molecule has 8 heteroatoms. The molecule has 0 unspecified atom stereocenters. The Balaban J connectivity index is 1.51. The number of hydrogen-bond acceptors (Lipinski definition) is 7. The molecule has 0 radical (unpaired) electrons. The Labute approximate surface area is 196 Å². The van der Waals surface area contributed by atoms with Gasteiger partial charge in [0.25, 0.3) is 0 Å². The highest BCUT2D eigenvalue weighted by Gasteiger charge is 2.14. The second-order valence-corrected chi connectivity index (χ2v) is 7.31. The van der Waals surface area contributed by atoms with Gasteiger partial charge in [-0.2, -0.15) is 4.52 Å². The van der Waals surface area contributed by atoms with Crippen molar-refractivity contribution in [3.05, 3.63) is 89.8 Å². The lowest BCUT2D eigenvalue weighted by atomic mass is 10.2. The van der Waals surface area contributed by atoms with Gasteiger partial charge in [0.15, 0.2) is 22.9 Å². The van der Waals surface area contributed by atoms with E-state index in [0.717, 1.165) is 11.1 Å². The molecule has 0 spiro atoms. The van der Waals surface area contributed by atoms with Crippen LogP contribution >= 0.6 is 0 Å². The van der Waals surface area contributed by atoms with Gasteiger partial charge in [-0.05, 0) is 47.9 Å². The fourth-order valence-electron chi connectivity index (χ4n) is 3.41. The largest absolute Gasteiger partial charge is 0.493 e. The van der Waals surface area contributed by atoms with Crippen LogP contribution in [-0.4, -0.2) is 33.8 Å². The Morgan fingerprint density at radius 3 is 2.53 bits per heavy atom. The topological polar surface area (TPSA) is 86.7 Å². The minimum atomic E-state index is 0.467. The lowest BCUT2D eigenvalue weighted by Crippen LogP contribution is -2.09. The van der Waals surface area contributed by atoms with Crippen molar-refractivity contribution in [2.24, 2.45) is 0 Å². The molecule has 1 N–H and O–H groups in total. The molecule has 0 aliphatic heterocycles. The van der Waals surface area contributed by atoms with E-state index in [4.69, 9.17) is 18.9 Å². The summed E-state index contributed by atoms with van der Waals surface area (Å²) < 4.78 is 17.9. The average molecular weight is 451 g/mol. The first-order valence-electron chi connectivity index (χ1n) is 10.6. The summed E-state index contributed by atoms with van der Waals surface area (Å²) in [4.78, 5) is 9.30. The molecule has 8 nitrogen and oxygen atoms in total. The molecule has 0 aliphatic carbocycles. The standard InChI is InChI=1S/C26H21N5O3/c1-32-21-13-11-19(15-23(21)33-2)17-27-26-28-20(12-10-18-7-4-3-5-8-18)16-24-29-25(30-31(24)26)22-9-6-14-34-22/h3-9,11,13-16H,17H2,1-2H3,(H,27,28). The third-order valence-corrected chi connectivity index (χ3v) is 5.07. The minimum absolute atomic E-state index is 0.467. The van der Waals surface area contributed by atoms with Crippen molar-refractivity contribution in [1.29, 1.82) is 0 Å². The summed E-state index contributed by atoms with van der Waals surface area (Å²) in [5.74, 6) is 9.15. The highest BCUT2D eigenvalue weighted by Crippen LogP contribution is 2.28. The second kappa shape index (κ2) is 9.38. The number of nitrogens with one attached hydrogen (secondary N) is 1. The molecular formula is C26H21N5O3. The summed E-state index contributed by atoms with van der Waals surface area (Å²) in [7, 11) is 3.22. The van der Waals surface area contributed by atoms with Crippen molar-refractivity contribution in [3.8, 4) is 34.9 Å². The Morgan fingerprint density at radius 1 is 0.912 bits per heavy atom. The van der Waals surface area contributed by atoms with E-state index >= 15 is 0 Å². The molecule has 34 heavy (non-hydrogen) atoms. The van der Waals surface area contributed by atoms with Gasteiger partial charge in [-0.25, -0.2) is 9.97 Å². The lowest BCUT2D eigenvalue weighted by molar-refractivity contribution is 0.354. The quantitative estimate of drug-likeness (QED) is 0.383. The monoisotopic (exact) mass is 451 g/mol.